The number of thiophene rings is 1. The van der Waals surface area contributed by atoms with E-state index in [1.807, 2.05) is 30.3 Å². The van der Waals surface area contributed by atoms with Crippen LogP contribution in [0.2, 0.25) is 10.0 Å². The number of rotatable bonds is 5. The predicted molar refractivity (Wildman–Crippen MR) is 114 cm³/mol. The zero-order valence-corrected chi connectivity index (χ0v) is 17.3. The Morgan fingerprint density at radius 3 is 2.45 bits per heavy atom. The van der Waals surface area contributed by atoms with Crippen molar-refractivity contribution in [3.63, 3.8) is 0 Å². The molecule has 3 aromatic rings. The Labute approximate surface area is 181 Å². The van der Waals surface area contributed by atoms with Crippen LogP contribution < -0.4 is 0 Å². The third kappa shape index (κ3) is 3.69. The van der Waals surface area contributed by atoms with Crippen LogP contribution in [0.4, 0.5) is 0 Å². The van der Waals surface area contributed by atoms with E-state index >= 15 is 0 Å². The minimum Gasteiger partial charge on any atom is -0.503 e. The monoisotopic (exact) mass is 443 g/mol. The first-order chi connectivity index (χ1) is 14.0. The van der Waals surface area contributed by atoms with Crippen molar-refractivity contribution >= 4 is 46.2 Å². The van der Waals surface area contributed by atoms with Crippen LogP contribution in [0.1, 0.15) is 26.8 Å². The van der Waals surface area contributed by atoms with Gasteiger partial charge in [0.15, 0.2) is 5.76 Å². The van der Waals surface area contributed by atoms with Gasteiger partial charge in [0.05, 0.1) is 26.5 Å². The highest BCUT2D eigenvalue weighted by Gasteiger charge is 2.44. The highest BCUT2D eigenvalue weighted by Crippen LogP contribution is 2.41. The number of benzene rings is 2. The molecule has 1 aliphatic heterocycles. The summed E-state index contributed by atoms with van der Waals surface area (Å²) >= 11 is 13.5. The molecule has 1 aromatic heterocycles. The molecular weight excluding hydrogens is 429 g/mol. The molecule has 0 spiro atoms. The topological polar surface area (TPSA) is 57.6 Å². The molecule has 1 unspecified atom stereocenters. The van der Waals surface area contributed by atoms with E-state index in [2.05, 4.69) is 0 Å². The Bertz CT molecular complexity index is 1110. The fourth-order valence-corrected chi connectivity index (χ4v) is 4.38. The fourth-order valence-electron chi connectivity index (χ4n) is 3.40. The number of ketones is 1. The Hall–Kier alpha value is -2.60. The summed E-state index contributed by atoms with van der Waals surface area (Å²) in [5.41, 5.74) is 1.53. The minimum absolute atomic E-state index is 0.0479. The molecule has 29 heavy (non-hydrogen) atoms. The summed E-state index contributed by atoms with van der Waals surface area (Å²) in [7, 11) is 0. The first-order valence-corrected chi connectivity index (χ1v) is 10.4. The zero-order chi connectivity index (χ0) is 20.5. The van der Waals surface area contributed by atoms with Gasteiger partial charge in [-0.15, -0.1) is 11.3 Å². The summed E-state index contributed by atoms with van der Waals surface area (Å²) < 4.78 is 0. The number of amides is 1. The Morgan fingerprint density at radius 2 is 1.79 bits per heavy atom. The van der Waals surface area contributed by atoms with E-state index in [1.165, 1.54) is 16.2 Å². The molecule has 0 aliphatic carbocycles. The van der Waals surface area contributed by atoms with E-state index in [-0.39, 0.29) is 17.9 Å². The van der Waals surface area contributed by atoms with Gasteiger partial charge in [0, 0.05) is 6.54 Å². The fraction of sp³-hybridized carbons (Fsp3) is 0.0909. The Kier molecular flexibility index (Phi) is 5.46. The average molecular weight is 444 g/mol. The van der Waals surface area contributed by atoms with Crippen molar-refractivity contribution in [2.45, 2.75) is 12.6 Å². The van der Waals surface area contributed by atoms with Crippen LogP contribution in [0.5, 0.6) is 0 Å². The van der Waals surface area contributed by atoms with Gasteiger partial charge in [-0.1, -0.05) is 65.7 Å². The van der Waals surface area contributed by atoms with E-state index < -0.39 is 17.7 Å². The lowest BCUT2D eigenvalue weighted by atomic mass is 9.95. The van der Waals surface area contributed by atoms with Crippen LogP contribution in [0.3, 0.4) is 0 Å². The first kappa shape index (κ1) is 19.7. The molecule has 0 saturated carbocycles. The minimum atomic E-state index is -0.771. The number of carbonyl (C=O) groups excluding carboxylic acids is 2. The van der Waals surface area contributed by atoms with Gasteiger partial charge in [0.25, 0.3) is 5.91 Å². The van der Waals surface area contributed by atoms with E-state index in [9.17, 15) is 14.7 Å². The SMILES string of the molecule is O=C(C1=C(O)C(=O)N(Cc2ccccc2)C1c1ccc(Cl)c(Cl)c1)c1cccs1. The number of halogens is 2. The number of nitrogens with zero attached hydrogens (tertiary/aromatic N) is 1. The standard InChI is InChI=1S/C22H15Cl2NO3S/c23-15-9-8-14(11-16(15)24)19-18(20(26)17-7-4-10-29-17)21(27)22(28)25(19)12-13-5-2-1-3-6-13/h1-11,19,27H,12H2. The third-order valence-corrected chi connectivity index (χ3v) is 6.36. The molecule has 0 fully saturated rings. The quantitative estimate of drug-likeness (QED) is 0.504. The molecule has 1 aliphatic rings. The van der Waals surface area contributed by atoms with Crippen molar-refractivity contribution in [3.05, 3.63) is 103 Å². The van der Waals surface area contributed by atoms with Gasteiger partial charge in [-0.2, -0.15) is 0 Å². The maximum Gasteiger partial charge on any atom is 0.290 e. The maximum absolute atomic E-state index is 13.2. The van der Waals surface area contributed by atoms with Crippen LogP contribution >= 0.6 is 34.5 Å². The zero-order valence-electron chi connectivity index (χ0n) is 15.0. The normalized spacial score (nSPS) is 16.6. The molecule has 1 atom stereocenters. The lowest BCUT2D eigenvalue weighted by Crippen LogP contribution is -2.30. The van der Waals surface area contributed by atoms with Crippen molar-refractivity contribution in [3.8, 4) is 0 Å². The van der Waals surface area contributed by atoms with Gasteiger partial charge in [-0.25, -0.2) is 0 Å². The predicted octanol–water partition coefficient (Wildman–Crippen LogP) is 5.83. The molecule has 0 bridgehead atoms. The number of hydrogen-bond donors (Lipinski definition) is 1. The van der Waals surface area contributed by atoms with E-state index in [4.69, 9.17) is 23.2 Å². The number of aliphatic hydroxyl groups excluding tert-OH is 1. The number of carbonyl (C=O) groups is 2. The molecule has 4 rings (SSSR count). The lowest BCUT2D eigenvalue weighted by Gasteiger charge is -2.27. The van der Waals surface area contributed by atoms with Gasteiger partial charge < -0.3 is 10.0 Å². The number of Topliss-reactive ketones (excluding diaryl/α,β-unsaturated/α-hetero) is 1. The average Bonchev–Trinajstić information content (AvgIpc) is 3.34. The second kappa shape index (κ2) is 8.03. The second-order valence-electron chi connectivity index (χ2n) is 6.56. The highest BCUT2D eigenvalue weighted by atomic mass is 35.5. The first-order valence-electron chi connectivity index (χ1n) is 8.78. The van der Waals surface area contributed by atoms with Crippen LogP contribution in [0, 0.1) is 0 Å². The van der Waals surface area contributed by atoms with Gasteiger partial charge in [0.2, 0.25) is 5.78 Å². The van der Waals surface area contributed by atoms with Crippen molar-refractivity contribution in [1.82, 2.24) is 4.90 Å². The smallest absolute Gasteiger partial charge is 0.290 e. The summed E-state index contributed by atoms with van der Waals surface area (Å²) in [5, 5.41) is 13.1. The third-order valence-electron chi connectivity index (χ3n) is 4.75. The Balaban J connectivity index is 1.82. The van der Waals surface area contributed by atoms with Crippen LogP contribution in [-0.4, -0.2) is 21.7 Å². The summed E-state index contributed by atoms with van der Waals surface area (Å²) in [6.07, 6.45) is 0. The van der Waals surface area contributed by atoms with E-state index in [1.54, 1.807) is 35.7 Å². The maximum atomic E-state index is 13.2. The van der Waals surface area contributed by atoms with Crippen molar-refractivity contribution in [1.29, 1.82) is 0 Å². The number of hydrogen-bond acceptors (Lipinski definition) is 4. The van der Waals surface area contributed by atoms with Crippen molar-refractivity contribution in [2.75, 3.05) is 0 Å². The van der Waals surface area contributed by atoms with Crippen molar-refractivity contribution < 1.29 is 14.7 Å². The largest absolute Gasteiger partial charge is 0.503 e. The summed E-state index contributed by atoms with van der Waals surface area (Å²) in [4.78, 5) is 28.0. The van der Waals surface area contributed by atoms with Gasteiger partial charge >= 0.3 is 0 Å². The molecule has 1 amide bonds. The summed E-state index contributed by atoms with van der Waals surface area (Å²) in [6.45, 7) is 0.232. The molecule has 0 saturated heterocycles. The summed E-state index contributed by atoms with van der Waals surface area (Å²) in [5.74, 6) is -1.50. The van der Waals surface area contributed by atoms with Crippen LogP contribution in [0.25, 0.3) is 0 Å². The molecule has 0 radical (unpaired) electrons. The van der Waals surface area contributed by atoms with Gasteiger partial charge in [-0.05, 0) is 34.7 Å². The van der Waals surface area contributed by atoms with Crippen LogP contribution in [-0.2, 0) is 11.3 Å². The summed E-state index contributed by atoms with van der Waals surface area (Å²) in [6, 6.07) is 17.0. The molecule has 146 valence electrons. The molecular formula is C22H15Cl2NO3S. The highest BCUT2D eigenvalue weighted by molar-refractivity contribution is 7.12. The number of aliphatic hydroxyl groups is 1. The van der Waals surface area contributed by atoms with Gasteiger partial charge in [0.1, 0.15) is 0 Å². The van der Waals surface area contributed by atoms with E-state index in [0.29, 0.717) is 20.5 Å². The lowest BCUT2D eigenvalue weighted by molar-refractivity contribution is -0.130. The van der Waals surface area contributed by atoms with Crippen LogP contribution in [0.15, 0.2) is 77.4 Å². The molecule has 1 N–H and O–H groups in total. The van der Waals surface area contributed by atoms with E-state index in [0.717, 1.165) is 5.56 Å². The van der Waals surface area contributed by atoms with Crippen molar-refractivity contribution in [2.24, 2.45) is 0 Å². The van der Waals surface area contributed by atoms with Gasteiger partial charge in [-0.3, -0.25) is 9.59 Å². The molecule has 2 heterocycles. The molecule has 4 nitrogen and oxygen atoms in total. The second-order valence-corrected chi connectivity index (χ2v) is 8.33. The molecule has 7 heteroatoms. The Morgan fingerprint density at radius 1 is 1.03 bits per heavy atom. The molecule has 2 aromatic carbocycles.